The zero-order valence-electron chi connectivity index (χ0n) is 18.3. The van der Waals surface area contributed by atoms with Crippen molar-refractivity contribution < 1.29 is 34.2 Å². The molecule has 1 saturated heterocycles. The Hall–Kier alpha value is -3.89. The maximum absolute atomic E-state index is 12.4. The van der Waals surface area contributed by atoms with Gasteiger partial charge in [-0.15, -0.1) is 0 Å². The molecule has 0 saturated carbocycles. The lowest BCUT2D eigenvalue weighted by atomic mass is 10.0. The molecule has 4 N–H and O–H groups in total. The van der Waals surface area contributed by atoms with E-state index in [9.17, 15) is 24.0 Å². The van der Waals surface area contributed by atoms with Gasteiger partial charge in [0.2, 0.25) is 5.91 Å². The number of carbonyl (C=O) groups is 5. The molecule has 2 aliphatic rings. The molecule has 2 aromatic rings. The van der Waals surface area contributed by atoms with Gasteiger partial charge in [-0.2, -0.15) is 0 Å². The first-order chi connectivity index (χ1) is 16.3. The second-order valence-electron chi connectivity index (χ2n) is 7.82. The Morgan fingerprint density at radius 2 is 1.53 bits per heavy atom. The SMILES string of the molecule is N[C@@H](Cc1ccccc1)C(=O)O.O=C1CCC(N2C(=O)c3ccccc3C2=O)C(=O)N1CCO. The minimum Gasteiger partial charge on any atom is -0.480 e. The first-order valence-corrected chi connectivity index (χ1v) is 10.7. The topological polar surface area (TPSA) is 158 Å². The van der Waals surface area contributed by atoms with Crippen molar-refractivity contribution in [1.82, 2.24) is 9.80 Å². The van der Waals surface area contributed by atoms with Crippen LogP contribution >= 0.6 is 0 Å². The van der Waals surface area contributed by atoms with E-state index >= 15 is 0 Å². The zero-order chi connectivity index (χ0) is 24.8. The molecule has 0 aromatic heterocycles. The van der Waals surface area contributed by atoms with Crippen LogP contribution in [-0.4, -0.2) is 74.8 Å². The van der Waals surface area contributed by atoms with Gasteiger partial charge in [0, 0.05) is 6.42 Å². The molecule has 2 atom stereocenters. The van der Waals surface area contributed by atoms with E-state index in [2.05, 4.69) is 0 Å². The summed E-state index contributed by atoms with van der Waals surface area (Å²) in [6.45, 7) is -0.482. The molecule has 0 bridgehead atoms. The highest BCUT2D eigenvalue weighted by Crippen LogP contribution is 2.28. The van der Waals surface area contributed by atoms with Crippen molar-refractivity contribution in [1.29, 1.82) is 0 Å². The van der Waals surface area contributed by atoms with Gasteiger partial charge in [-0.25, -0.2) is 0 Å². The number of imide groups is 2. The highest BCUT2D eigenvalue weighted by Gasteiger charge is 2.46. The van der Waals surface area contributed by atoms with Crippen LogP contribution in [0.15, 0.2) is 54.6 Å². The minimum absolute atomic E-state index is 0.0593. The number of amides is 4. The fourth-order valence-electron chi connectivity index (χ4n) is 3.84. The second-order valence-corrected chi connectivity index (χ2v) is 7.82. The molecule has 2 heterocycles. The standard InChI is InChI=1S/C15H14N2O5.C9H11NO2/c18-8-7-16-12(19)6-5-11(15(16)22)17-13(20)9-3-1-2-4-10(9)14(17)21;10-8(9(11)12)6-7-4-2-1-3-5-7/h1-4,11,18H,5-8H2;1-5,8H,6,10H2,(H,11,12)/t;8-/m.0/s1. The van der Waals surface area contributed by atoms with Gasteiger partial charge in [-0.3, -0.25) is 33.8 Å². The normalized spacial score (nSPS) is 18.4. The van der Waals surface area contributed by atoms with Crippen molar-refractivity contribution in [3.63, 3.8) is 0 Å². The van der Waals surface area contributed by atoms with Gasteiger partial charge in [-0.1, -0.05) is 42.5 Å². The van der Waals surface area contributed by atoms with E-state index in [-0.39, 0.29) is 37.1 Å². The molecule has 4 amide bonds. The maximum atomic E-state index is 12.4. The highest BCUT2D eigenvalue weighted by atomic mass is 16.4. The lowest BCUT2D eigenvalue weighted by molar-refractivity contribution is -0.152. The number of carboxylic acid groups (broad SMARTS) is 1. The number of aliphatic carboxylic acids is 1. The number of nitrogens with two attached hydrogens (primary N) is 1. The summed E-state index contributed by atoms with van der Waals surface area (Å²) in [6, 6.07) is 13.9. The summed E-state index contributed by atoms with van der Waals surface area (Å²) >= 11 is 0. The zero-order valence-corrected chi connectivity index (χ0v) is 18.3. The quantitative estimate of drug-likeness (QED) is 0.516. The van der Waals surface area contributed by atoms with E-state index in [1.807, 2.05) is 30.3 Å². The Balaban J connectivity index is 0.000000229. The molecular formula is C24H25N3O7. The van der Waals surface area contributed by atoms with Crippen molar-refractivity contribution in [2.75, 3.05) is 13.2 Å². The van der Waals surface area contributed by atoms with Crippen LogP contribution in [0.3, 0.4) is 0 Å². The van der Waals surface area contributed by atoms with E-state index in [0.717, 1.165) is 15.4 Å². The molecular weight excluding hydrogens is 442 g/mol. The van der Waals surface area contributed by atoms with Crippen LogP contribution in [-0.2, 0) is 20.8 Å². The number of hydrogen-bond donors (Lipinski definition) is 3. The smallest absolute Gasteiger partial charge is 0.320 e. The van der Waals surface area contributed by atoms with E-state index in [4.69, 9.17) is 15.9 Å². The molecule has 10 heteroatoms. The summed E-state index contributed by atoms with van der Waals surface area (Å²) < 4.78 is 0. The molecule has 2 aliphatic heterocycles. The van der Waals surface area contributed by atoms with Crippen LogP contribution in [0.4, 0.5) is 0 Å². The molecule has 0 radical (unpaired) electrons. The van der Waals surface area contributed by atoms with Crippen LogP contribution in [0.1, 0.15) is 39.1 Å². The molecule has 4 rings (SSSR count). The number of rotatable bonds is 6. The predicted molar refractivity (Wildman–Crippen MR) is 120 cm³/mol. The monoisotopic (exact) mass is 467 g/mol. The summed E-state index contributed by atoms with van der Waals surface area (Å²) in [6.07, 6.45) is 0.561. The van der Waals surface area contributed by atoms with Crippen molar-refractivity contribution in [2.45, 2.75) is 31.3 Å². The van der Waals surface area contributed by atoms with Crippen molar-refractivity contribution in [2.24, 2.45) is 5.73 Å². The molecule has 178 valence electrons. The van der Waals surface area contributed by atoms with Gasteiger partial charge >= 0.3 is 5.97 Å². The molecule has 1 unspecified atom stereocenters. The Bertz CT molecular complexity index is 1070. The number of fused-ring (bicyclic) bond motifs is 1. The summed E-state index contributed by atoms with van der Waals surface area (Å²) in [4.78, 5) is 61.2. The first-order valence-electron chi connectivity index (χ1n) is 10.7. The summed E-state index contributed by atoms with van der Waals surface area (Å²) in [5.74, 6) is -3.00. The highest BCUT2D eigenvalue weighted by molar-refractivity contribution is 6.23. The number of aliphatic hydroxyl groups is 1. The number of hydrogen-bond acceptors (Lipinski definition) is 7. The van der Waals surface area contributed by atoms with Gasteiger partial charge in [-0.05, 0) is 30.5 Å². The van der Waals surface area contributed by atoms with Gasteiger partial charge in [0.05, 0.1) is 24.3 Å². The van der Waals surface area contributed by atoms with E-state index in [1.165, 1.54) is 0 Å². The average molecular weight is 467 g/mol. The number of nitrogens with zero attached hydrogens (tertiary/aromatic N) is 2. The lowest BCUT2D eigenvalue weighted by Gasteiger charge is -2.34. The van der Waals surface area contributed by atoms with Crippen molar-refractivity contribution in [3.05, 3.63) is 71.3 Å². The maximum Gasteiger partial charge on any atom is 0.320 e. The van der Waals surface area contributed by atoms with Crippen LogP contribution in [0.25, 0.3) is 0 Å². The third-order valence-electron chi connectivity index (χ3n) is 5.56. The second kappa shape index (κ2) is 10.8. The van der Waals surface area contributed by atoms with Crippen LogP contribution < -0.4 is 5.73 Å². The van der Waals surface area contributed by atoms with Crippen molar-refractivity contribution in [3.8, 4) is 0 Å². The molecule has 0 aliphatic carbocycles. The predicted octanol–water partition coefficient (Wildman–Crippen LogP) is 0.434. The van der Waals surface area contributed by atoms with Crippen LogP contribution in [0.5, 0.6) is 0 Å². The van der Waals surface area contributed by atoms with Crippen molar-refractivity contribution >= 4 is 29.6 Å². The number of carboxylic acids is 1. The van der Waals surface area contributed by atoms with Gasteiger partial charge < -0.3 is 15.9 Å². The Morgan fingerprint density at radius 3 is 2.06 bits per heavy atom. The summed E-state index contributed by atoms with van der Waals surface area (Å²) in [5.41, 5.74) is 6.84. The molecule has 1 fully saturated rings. The molecule has 34 heavy (non-hydrogen) atoms. The lowest BCUT2D eigenvalue weighted by Crippen LogP contribution is -2.56. The third kappa shape index (κ3) is 5.19. The van der Waals surface area contributed by atoms with Gasteiger partial charge in [0.15, 0.2) is 0 Å². The van der Waals surface area contributed by atoms with Crippen LogP contribution in [0.2, 0.25) is 0 Å². The molecule has 2 aromatic carbocycles. The van der Waals surface area contributed by atoms with Crippen LogP contribution in [0, 0.1) is 0 Å². The molecule has 10 nitrogen and oxygen atoms in total. The number of aliphatic hydroxyl groups excluding tert-OH is 1. The Kier molecular flexibility index (Phi) is 7.87. The first kappa shape index (κ1) is 24.7. The summed E-state index contributed by atoms with van der Waals surface area (Å²) in [5, 5.41) is 17.5. The summed E-state index contributed by atoms with van der Waals surface area (Å²) in [7, 11) is 0. The number of β-amino-alcohol motifs (C(OH)–C–C–N with tert-alkyl or cyclic N) is 1. The fraction of sp³-hybridized carbons (Fsp3) is 0.292. The Labute approximate surface area is 195 Å². The van der Waals surface area contributed by atoms with Gasteiger partial charge in [0.25, 0.3) is 17.7 Å². The fourth-order valence-corrected chi connectivity index (χ4v) is 3.84. The van der Waals surface area contributed by atoms with E-state index < -0.39 is 41.7 Å². The largest absolute Gasteiger partial charge is 0.480 e. The minimum atomic E-state index is -0.989. The number of benzene rings is 2. The average Bonchev–Trinajstić information content (AvgIpc) is 3.08. The third-order valence-corrected chi connectivity index (χ3v) is 5.56. The Morgan fingerprint density at radius 1 is 0.971 bits per heavy atom. The number of carbonyl (C=O) groups excluding carboxylic acids is 4. The molecule has 0 spiro atoms. The van der Waals surface area contributed by atoms with E-state index in [0.29, 0.717) is 6.42 Å². The van der Waals surface area contributed by atoms with Gasteiger partial charge in [0.1, 0.15) is 12.1 Å². The number of piperidine rings is 1. The number of likely N-dealkylation sites (tertiary alicyclic amines) is 1. The van der Waals surface area contributed by atoms with E-state index in [1.54, 1.807) is 24.3 Å².